The van der Waals surface area contributed by atoms with E-state index in [4.69, 9.17) is 4.74 Å². The number of nitrogens with one attached hydrogen (secondary N) is 1. The number of amides is 1. The average molecular weight is 236 g/mol. The first-order chi connectivity index (χ1) is 8.02. The molecule has 0 unspecified atom stereocenters. The van der Waals surface area contributed by atoms with Gasteiger partial charge in [0.05, 0.1) is 18.5 Å². The number of aromatic nitrogens is 1. The van der Waals surface area contributed by atoms with Crippen molar-refractivity contribution in [2.24, 2.45) is 5.92 Å². The fraction of sp³-hybridized carbons (Fsp3) is 0.538. The lowest BCUT2D eigenvalue weighted by molar-refractivity contribution is 0.168. The lowest BCUT2D eigenvalue weighted by atomic mass is 10.1. The number of hydrogen-bond donors (Lipinski definition) is 1. The van der Waals surface area contributed by atoms with E-state index in [9.17, 15) is 4.79 Å². The van der Waals surface area contributed by atoms with E-state index < -0.39 is 6.09 Å². The lowest BCUT2D eigenvalue weighted by Crippen LogP contribution is -2.14. The maximum absolute atomic E-state index is 11.3. The van der Waals surface area contributed by atoms with Gasteiger partial charge in [-0.05, 0) is 37.8 Å². The summed E-state index contributed by atoms with van der Waals surface area (Å²) < 4.78 is 4.82. The quantitative estimate of drug-likeness (QED) is 0.873. The number of ether oxygens (including phenoxy) is 1. The fourth-order valence-electron chi connectivity index (χ4n) is 1.55. The number of pyridine rings is 1. The van der Waals surface area contributed by atoms with Crippen molar-refractivity contribution in [2.75, 3.05) is 11.9 Å². The molecule has 4 nitrogen and oxygen atoms in total. The molecule has 0 fully saturated rings. The van der Waals surface area contributed by atoms with E-state index in [1.807, 2.05) is 13.0 Å². The van der Waals surface area contributed by atoms with Crippen molar-refractivity contribution in [1.29, 1.82) is 0 Å². The highest BCUT2D eigenvalue weighted by Gasteiger charge is 2.07. The van der Waals surface area contributed by atoms with Crippen LogP contribution in [0.3, 0.4) is 0 Å². The summed E-state index contributed by atoms with van der Waals surface area (Å²) in [6.45, 7) is 8.40. The van der Waals surface area contributed by atoms with Gasteiger partial charge in [-0.15, -0.1) is 0 Å². The first kappa shape index (κ1) is 13.5. The van der Waals surface area contributed by atoms with Crippen LogP contribution in [0.25, 0.3) is 0 Å². The van der Waals surface area contributed by atoms with Crippen LogP contribution in [0.4, 0.5) is 10.5 Å². The van der Waals surface area contributed by atoms with Gasteiger partial charge in [-0.2, -0.15) is 0 Å². The third-order valence-corrected chi connectivity index (χ3v) is 2.30. The Balaban J connectivity index is 2.72. The smallest absolute Gasteiger partial charge is 0.411 e. The van der Waals surface area contributed by atoms with Crippen LogP contribution in [-0.4, -0.2) is 17.7 Å². The van der Waals surface area contributed by atoms with Gasteiger partial charge in [0.15, 0.2) is 0 Å². The number of nitrogens with zero attached hydrogens (tertiary/aromatic N) is 1. The number of carbonyl (C=O) groups excluding carboxylic acids is 1. The highest BCUT2D eigenvalue weighted by molar-refractivity contribution is 5.85. The number of rotatable bonds is 4. The van der Waals surface area contributed by atoms with Crippen LogP contribution in [0.1, 0.15) is 32.0 Å². The Morgan fingerprint density at radius 1 is 1.53 bits per heavy atom. The van der Waals surface area contributed by atoms with Crippen LogP contribution in [0.2, 0.25) is 0 Å². The maximum Gasteiger partial charge on any atom is 0.411 e. The minimum atomic E-state index is -0.436. The second-order valence-electron chi connectivity index (χ2n) is 4.43. The summed E-state index contributed by atoms with van der Waals surface area (Å²) in [6, 6.07) is 2.00. The molecule has 0 saturated carbocycles. The molecule has 1 aromatic rings. The molecule has 0 aromatic carbocycles. The molecular formula is C13H20N2O2. The normalized spacial score (nSPS) is 10.4. The van der Waals surface area contributed by atoms with Crippen LogP contribution in [0.15, 0.2) is 12.3 Å². The molecule has 0 aliphatic heterocycles. The number of aryl methyl sites for hydroxylation is 1. The molecule has 4 heteroatoms. The number of anilines is 1. The Morgan fingerprint density at radius 2 is 2.24 bits per heavy atom. The van der Waals surface area contributed by atoms with Crippen molar-refractivity contribution in [3.8, 4) is 0 Å². The van der Waals surface area contributed by atoms with Gasteiger partial charge in [0, 0.05) is 5.69 Å². The van der Waals surface area contributed by atoms with Crippen LogP contribution in [0, 0.1) is 12.8 Å². The van der Waals surface area contributed by atoms with Gasteiger partial charge in [0.1, 0.15) is 0 Å². The summed E-state index contributed by atoms with van der Waals surface area (Å²) in [4.78, 5) is 15.6. The van der Waals surface area contributed by atoms with Gasteiger partial charge in [-0.1, -0.05) is 13.8 Å². The molecule has 0 spiro atoms. The molecule has 0 atom stereocenters. The Bertz CT molecular complexity index is 389. The molecular weight excluding hydrogens is 216 g/mol. The summed E-state index contributed by atoms with van der Waals surface area (Å²) >= 11 is 0. The van der Waals surface area contributed by atoms with Crippen molar-refractivity contribution in [3.63, 3.8) is 0 Å². The van der Waals surface area contributed by atoms with Crippen LogP contribution in [0.5, 0.6) is 0 Å². The Kier molecular flexibility index (Phi) is 4.94. The number of carbonyl (C=O) groups is 1. The monoisotopic (exact) mass is 236 g/mol. The Morgan fingerprint density at radius 3 is 2.76 bits per heavy atom. The zero-order chi connectivity index (χ0) is 12.8. The largest absolute Gasteiger partial charge is 0.450 e. The van der Waals surface area contributed by atoms with E-state index in [2.05, 4.69) is 24.1 Å². The van der Waals surface area contributed by atoms with E-state index in [-0.39, 0.29) is 0 Å². The maximum atomic E-state index is 11.3. The molecule has 0 aliphatic carbocycles. The zero-order valence-electron chi connectivity index (χ0n) is 10.9. The van der Waals surface area contributed by atoms with Gasteiger partial charge in [-0.3, -0.25) is 10.3 Å². The van der Waals surface area contributed by atoms with Gasteiger partial charge < -0.3 is 4.74 Å². The van der Waals surface area contributed by atoms with Crippen molar-refractivity contribution in [1.82, 2.24) is 4.98 Å². The van der Waals surface area contributed by atoms with Crippen LogP contribution in [-0.2, 0) is 11.2 Å². The summed E-state index contributed by atoms with van der Waals surface area (Å²) in [5.74, 6) is 0.575. The molecule has 1 aromatic heterocycles. The second kappa shape index (κ2) is 6.23. The summed E-state index contributed by atoms with van der Waals surface area (Å²) in [5, 5.41) is 2.67. The molecule has 1 rings (SSSR count). The highest BCUT2D eigenvalue weighted by Crippen LogP contribution is 2.16. The predicted octanol–water partition coefficient (Wildman–Crippen LogP) is 3.16. The molecule has 0 aliphatic rings. The van der Waals surface area contributed by atoms with Gasteiger partial charge >= 0.3 is 6.09 Å². The second-order valence-corrected chi connectivity index (χ2v) is 4.43. The van der Waals surface area contributed by atoms with E-state index in [0.29, 0.717) is 18.2 Å². The molecule has 0 bridgehead atoms. The van der Waals surface area contributed by atoms with E-state index in [1.54, 1.807) is 13.1 Å². The van der Waals surface area contributed by atoms with Gasteiger partial charge in [-0.25, -0.2) is 4.79 Å². The van der Waals surface area contributed by atoms with Crippen LogP contribution < -0.4 is 5.32 Å². The molecule has 0 saturated heterocycles. The molecule has 1 heterocycles. The topological polar surface area (TPSA) is 51.2 Å². The SMILES string of the molecule is CCOC(=O)Nc1cnc(CC(C)C)cc1C. The lowest BCUT2D eigenvalue weighted by Gasteiger charge is -2.10. The third kappa shape index (κ3) is 4.43. The summed E-state index contributed by atoms with van der Waals surface area (Å²) in [5.41, 5.74) is 2.76. The minimum absolute atomic E-state index is 0.365. The average Bonchev–Trinajstić information content (AvgIpc) is 2.21. The van der Waals surface area contributed by atoms with Crippen molar-refractivity contribution < 1.29 is 9.53 Å². The van der Waals surface area contributed by atoms with Gasteiger partial charge in [0.2, 0.25) is 0 Å². The molecule has 94 valence electrons. The molecule has 1 N–H and O–H groups in total. The van der Waals surface area contributed by atoms with E-state index in [1.165, 1.54) is 0 Å². The molecule has 0 radical (unpaired) electrons. The predicted molar refractivity (Wildman–Crippen MR) is 68.2 cm³/mol. The molecule has 1 amide bonds. The first-order valence-corrected chi connectivity index (χ1v) is 5.92. The van der Waals surface area contributed by atoms with E-state index in [0.717, 1.165) is 17.7 Å². The molecule has 17 heavy (non-hydrogen) atoms. The van der Waals surface area contributed by atoms with Crippen molar-refractivity contribution in [2.45, 2.75) is 34.1 Å². The number of hydrogen-bond acceptors (Lipinski definition) is 3. The zero-order valence-corrected chi connectivity index (χ0v) is 10.9. The third-order valence-electron chi connectivity index (χ3n) is 2.30. The minimum Gasteiger partial charge on any atom is -0.450 e. The summed E-state index contributed by atoms with van der Waals surface area (Å²) in [6.07, 6.45) is 2.19. The first-order valence-electron chi connectivity index (χ1n) is 5.92. The van der Waals surface area contributed by atoms with Crippen LogP contribution >= 0.6 is 0 Å². The fourth-order valence-corrected chi connectivity index (χ4v) is 1.55. The highest BCUT2D eigenvalue weighted by atomic mass is 16.5. The standard InChI is InChI=1S/C13H20N2O2/c1-5-17-13(16)15-12-8-14-11(6-9(2)3)7-10(12)4/h7-9H,5-6H2,1-4H3,(H,15,16). The van der Waals surface area contributed by atoms with Crippen molar-refractivity contribution in [3.05, 3.63) is 23.5 Å². The van der Waals surface area contributed by atoms with E-state index >= 15 is 0 Å². The van der Waals surface area contributed by atoms with Gasteiger partial charge in [0.25, 0.3) is 0 Å². The Hall–Kier alpha value is -1.58. The summed E-state index contributed by atoms with van der Waals surface area (Å²) in [7, 11) is 0. The Labute approximate surface area is 102 Å². The van der Waals surface area contributed by atoms with Crippen molar-refractivity contribution >= 4 is 11.8 Å².